The zero-order chi connectivity index (χ0) is 13.1. The minimum Gasteiger partial charge on any atom is -0.480 e. The zero-order valence-corrected chi connectivity index (χ0v) is 11.0. The lowest BCUT2D eigenvalue weighted by molar-refractivity contribution is -0.141. The van der Waals surface area contributed by atoms with Crippen molar-refractivity contribution in [3.8, 4) is 0 Å². The van der Waals surface area contributed by atoms with E-state index in [0.717, 1.165) is 32.4 Å². The molecule has 2 amide bonds. The van der Waals surface area contributed by atoms with E-state index in [4.69, 9.17) is 5.11 Å². The average molecular weight is 254 g/mol. The van der Waals surface area contributed by atoms with Crippen LogP contribution < -0.4 is 0 Å². The van der Waals surface area contributed by atoms with Gasteiger partial charge in [-0.05, 0) is 31.6 Å². The molecule has 5 nitrogen and oxygen atoms in total. The molecule has 2 rings (SSSR count). The molecular weight excluding hydrogens is 232 g/mol. The number of carboxylic acid groups (broad SMARTS) is 1. The Kier molecular flexibility index (Phi) is 4.09. The minimum absolute atomic E-state index is 0.0712. The van der Waals surface area contributed by atoms with E-state index in [1.807, 2.05) is 4.90 Å². The number of likely N-dealkylation sites (tertiary alicyclic amines) is 2. The number of amides is 2. The van der Waals surface area contributed by atoms with Gasteiger partial charge in [0.15, 0.2) is 0 Å². The van der Waals surface area contributed by atoms with Gasteiger partial charge in [-0.3, -0.25) is 0 Å². The van der Waals surface area contributed by atoms with Gasteiger partial charge in [-0.15, -0.1) is 0 Å². The summed E-state index contributed by atoms with van der Waals surface area (Å²) in [5.74, 6) is -0.293. The molecule has 2 aliphatic rings. The van der Waals surface area contributed by atoms with Gasteiger partial charge in [0.25, 0.3) is 0 Å². The van der Waals surface area contributed by atoms with Crippen LogP contribution in [0.2, 0.25) is 0 Å². The van der Waals surface area contributed by atoms with Gasteiger partial charge in [0.05, 0.1) is 0 Å². The van der Waals surface area contributed by atoms with Crippen LogP contribution in [-0.4, -0.2) is 52.6 Å². The van der Waals surface area contributed by atoms with E-state index < -0.39 is 12.0 Å². The highest BCUT2D eigenvalue weighted by molar-refractivity contribution is 5.83. The van der Waals surface area contributed by atoms with Crippen LogP contribution >= 0.6 is 0 Å². The topological polar surface area (TPSA) is 60.9 Å². The molecule has 2 aliphatic heterocycles. The molecule has 2 heterocycles. The fraction of sp³-hybridized carbons (Fsp3) is 0.846. The van der Waals surface area contributed by atoms with Crippen molar-refractivity contribution >= 4 is 12.0 Å². The summed E-state index contributed by atoms with van der Waals surface area (Å²) in [6.45, 7) is 4.30. The number of rotatable bonds is 2. The van der Waals surface area contributed by atoms with Gasteiger partial charge in [0.2, 0.25) is 0 Å². The van der Waals surface area contributed by atoms with Crippen LogP contribution in [0, 0.1) is 5.92 Å². The van der Waals surface area contributed by atoms with Gasteiger partial charge in [0, 0.05) is 19.6 Å². The SMILES string of the molecule is CCC1CCCN(C(=O)N2CCC[C@@H]2C(=O)O)C1. The molecule has 0 bridgehead atoms. The third-order valence-corrected chi connectivity index (χ3v) is 4.15. The molecule has 0 saturated carbocycles. The first-order chi connectivity index (χ1) is 8.63. The molecule has 0 aromatic heterocycles. The summed E-state index contributed by atoms with van der Waals surface area (Å²) in [7, 11) is 0. The van der Waals surface area contributed by atoms with E-state index in [2.05, 4.69) is 6.92 Å². The summed E-state index contributed by atoms with van der Waals surface area (Å²) in [5.41, 5.74) is 0. The third-order valence-electron chi connectivity index (χ3n) is 4.15. The van der Waals surface area contributed by atoms with Crippen LogP contribution in [-0.2, 0) is 4.79 Å². The van der Waals surface area contributed by atoms with Gasteiger partial charge < -0.3 is 14.9 Å². The van der Waals surface area contributed by atoms with E-state index in [1.54, 1.807) is 4.90 Å². The maximum Gasteiger partial charge on any atom is 0.326 e. The summed E-state index contributed by atoms with van der Waals surface area (Å²) < 4.78 is 0. The van der Waals surface area contributed by atoms with Crippen LogP contribution in [0.5, 0.6) is 0 Å². The summed E-state index contributed by atoms with van der Waals surface area (Å²) in [6.07, 6.45) is 4.70. The second-order valence-electron chi connectivity index (χ2n) is 5.33. The molecule has 2 saturated heterocycles. The molecule has 2 fully saturated rings. The number of aliphatic carboxylic acids is 1. The molecule has 0 aromatic rings. The number of urea groups is 1. The molecule has 0 aromatic carbocycles. The van der Waals surface area contributed by atoms with Gasteiger partial charge in [-0.2, -0.15) is 0 Å². The number of carboxylic acids is 1. The molecular formula is C13H22N2O3. The number of carbonyl (C=O) groups is 2. The second kappa shape index (κ2) is 5.59. The number of piperidine rings is 1. The lowest BCUT2D eigenvalue weighted by Crippen LogP contribution is -2.50. The quantitative estimate of drug-likeness (QED) is 0.817. The van der Waals surface area contributed by atoms with Gasteiger partial charge >= 0.3 is 12.0 Å². The summed E-state index contributed by atoms with van der Waals surface area (Å²) >= 11 is 0. The molecule has 0 aliphatic carbocycles. The molecule has 18 heavy (non-hydrogen) atoms. The van der Waals surface area contributed by atoms with Crippen molar-refractivity contribution in [2.45, 2.75) is 45.1 Å². The fourth-order valence-electron chi connectivity index (χ4n) is 3.01. The Morgan fingerprint density at radius 3 is 2.61 bits per heavy atom. The van der Waals surface area contributed by atoms with Crippen molar-refractivity contribution < 1.29 is 14.7 Å². The largest absolute Gasteiger partial charge is 0.480 e. The predicted octanol–water partition coefficient (Wildman–Crippen LogP) is 1.78. The summed E-state index contributed by atoms with van der Waals surface area (Å²) in [5, 5.41) is 9.12. The first kappa shape index (κ1) is 13.2. The number of hydrogen-bond acceptors (Lipinski definition) is 2. The maximum atomic E-state index is 12.4. The third kappa shape index (κ3) is 2.60. The minimum atomic E-state index is -0.870. The summed E-state index contributed by atoms with van der Waals surface area (Å²) in [6, 6.07) is -0.683. The van der Waals surface area contributed by atoms with Gasteiger partial charge in [-0.1, -0.05) is 13.3 Å². The molecule has 1 unspecified atom stereocenters. The number of hydrogen-bond donors (Lipinski definition) is 1. The van der Waals surface area contributed by atoms with Crippen molar-refractivity contribution in [1.29, 1.82) is 0 Å². The van der Waals surface area contributed by atoms with E-state index in [-0.39, 0.29) is 6.03 Å². The van der Waals surface area contributed by atoms with Crippen LogP contribution in [0.25, 0.3) is 0 Å². The van der Waals surface area contributed by atoms with Crippen molar-refractivity contribution in [3.05, 3.63) is 0 Å². The molecule has 2 atom stereocenters. The highest BCUT2D eigenvalue weighted by Gasteiger charge is 2.37. The molecule has 5 heteroatoms. The Morgan fingerprint density at radius 2 is 1.94 bits per heavy atom. The maximum absolute atomic E-state index is 12.4. The predicted molar refractivity (Wildman–Crippen MR) is 67.3 cm³/mol. The van der Waals surface area contributed by atoms with Crippen molar-refractivity contribution in [1.82, 2.24) is 9.80 Å². The van der Waals surface area contributed by atoms with E-state index in [0.29, 0.717) is 18.9 Å². The monoisotopic (exact) mass is 254 g/mol. The Morgan fingerprint density at radius 1 is 1.22 bits per heavy atom. The molecule has 1 N–H and O–H groups in total. The Labute approximate surface area is 108 Å². The highest BCUT2D eigenvalue weighted by Crippen LogP contribution is 2.24. The number of nitrogens with zero attached hydrogens (tertiary/aromatic N) is 2. The van der Waals surface area contributed by atoms with Gasteiger partial charge in [-0.25, -0.2) is 9.59 Å². The fourth-order valence-corrected chi connectivity index (χ4v) is 3.01. The highest BCUT2D eigenvalue weighted by atomic mass is 16.4. The standard InChI is InChI=1S/C13H22N2O3/c1-2-10-5-3-7-14(9-10)13(18)15-8-4-6-11(15)12(16)17/h10-11H,2-9H2,1H3,(H,16,17)/t10?,11-/m1/s1. The van der Waals surface area contributed by atoms with E-state index in [9.17, 15) is 9.59 Å². The Hall–Kier alpha value is -1.26. The lowest BCUT2D eigenvalue weighted by atomic mass is 9.96. The van der Waals surface area contributed by atoms with E-state index in [1.165, 1.54) is 6.42 Å². The normalized spacial score (nSPS) is 28.5. The Balaban J connectivity index is 1.99. The lowest BCUT2D eigenvalue weighted by Gasteiger charge is -2.36. The average Bonchev–Trinajstić information content (AvgIpc) is 2.87. The van der Waals surface area contributed by atoms with Crippen molar-refractivity contribution in [2.75, 3.05) is 19.6 Å². The van der Waals surface area contributed by atoms with Crippen molar-refractivity contribution in [2.24, 2.45) is 5.92 Å². The van der Waals surface area contributed by atoms with Gasteiger partial charge in [0.1, 0.15) is 6.04 Å². The van der Waals surface area contributed by atoms with Crippen LogP contribution in [0.4, 0.5) is 4.79 Å². The molecule has 102 valence electrons. The van der Waals surface area contributed by atoms with E-state index >= 15 is 0 Å². The first-order valence-electron chi connectivity index (χ1n) is 6.91. The first-order valence-corrected chi connectivity index (χ1v) is 6.91. The Bertz CT molecular complexity index is 332. The van der Waals surface area contributed by atoms with Crippen molar-refractivity contribution in [3.63, 3.8) is 0 Å². The van der Waals surface area contributed by atoms with Crippen LogP contribution in [0.1, 0.15) is 39.0 Å². The number of carbonyl (C=O) groups excluding carboxylic acids is 1. The van der Waals surface area contributed by atoms with Crippen LogP contribution in [0.3, 0.4) is 0 Å². The molecule has 0 spiro atoms. The van der Waals surface area contributed by atoms with Crippen LogP contribution in [0.15, 0.2) is 0 Å². The summed E-state index contributed by atoms with van der Waals surface area (Å²) in [4.78, 5) is 26.9. The second-order valence-corrected chi connectivity index (χ2v) is 5.33. The zero-order valence-electron chi connectivity index (χ0n) is 11.0. The molecule has 0 radical (unpaired) electrons. The smallest absolute Gasteiger partial charge is 0.326 e.